The third-order valence-electron chi connectivity index (χ3n) is 6.73. The van der Waals surface area contributed by atoms with Gasteiger partial charge in [0.1, 0.15) is 0 Å². The number of carbonyl (C=O) groups excluding carboxylic acids is 1. The smallest absolute Gasteiger partial charge is 0.478 e. The number of piperidine rings is 2. The standard InChI is InChI=1S/C24H31N3O3S.C2HF3O2/c28-23(22-5-4-16-31-22)25-19-6-7-21(20(17-19)24(29)30)27-14-9-18(10-15-27)8-13-26-11-2-1-3-12-26;3-2(4,5)1(6)7/h4-7,16-18H,1-3,8-15H2,(H,25,28)(H,29,30);(H,6,7). The molecule has 2 aromatic rings. The molecule has 0 unspecified atom stereocenters. The highest BCUT2D eigenvalue weighted by Crippen LogP contribution is 2.30. The summed E-state index contributed by atoms with van der Waals surface area (Å²) in [6, 6.07) is 8.78. The Morgan fingerprint density at radius 3 is 2.21 bits per heavy atom. The van der Waals surface area contributed by atoms with Gasteiger partial charge in [-0.2, -0.15) is 13.2 Å². The summed E-state index contributed by atoms with van der Waals surface area (Å²) in [5.74, 6) is -3.22. The van der Waals surface area contributed by atoms with Crippen molar-refractivity contribution in [3.8, 4) is 0 Å². The molecular formula is C26H32F3N3O5S. The van der Waals surface area contributed by atoms with Crippen LogP contribution in [0.15, 0.2) is 35.7 Å². The third kappa shape index (κ3) is 8.73. The zero-order chi connectivity index (χ0) is 27.7. The molecule has 1 aromatic carbocycles. The minimum absolute atomic E-state index is 0.214. The summed E-state index contributed by atoms with van der Waals surface area (Å²) in [4.78, 5) is 38.5. The van der Waals surface area contributed by atoms with Gasteiger partial charge >= 0.3 is 18.1 Å². The number of thiophene rings is 1. The Morgan fingerprint density at radius 2 is 1.66 bits per heavy atom. The molecule has 3 N–H and O–H groups in total. The molecule has 0 saturated carbocycles. The number of likely N-dealkylation sites (tertiary alicyclic amines) is 1. The molecule has 2 aliphatic rings. The Kier molecular flexibility index (Phi) is 10.5. The number of hydrogen-bond acceptors (Lipinski definition) is 6. The van der Waals surface area contributed by atoms with Gasteiger partial charge in [-0.1, -0.05) is 12.5 Å². The molecule has 0 bridgehead atoms. The number of aromatic carboxylic acids is 1. The highest BCUT2D eigenvalue weighted by molar-refractivity contribution is 7.12. The lowest BCUT2D eigenvalue weighted by atomic mass is 9.92. The molecule has 4 rings (SSSR count). The van der Waals surface area contributed by atoms with Crippen LogP contribution in [0.2, 0.25) is 0 Å². The number of rotatable bonds is 7. The number of nitrogens with one attached hydrogen (secondary N) is 1. The summed E-state index contributed by atoms with van der Waals surface area (Å²) >= 11 is 1.36. The van der Waals surface area contributed by atoms with Crippen LogP contribution in [-0.2, 0) is 4.79 Å². The lowest BCUT2D eigenvalue weighted by Gasteiger charge is -2.35. The Hall–Kier alpha value is -3.12. The first kappa shape index (κ1) is 29.4. The fraction of sp³-hybridized carbons (Fsp3) is 0.500. The number of carbonyl (C=O) groups is 3. The maximum atomic E-state index is 12.3. The van der Waals surface area contributed by atoms with Crippen molar-refractivity contribution in [3.63, 3.8) is 0 Å². The van der Waals surface area contributed by atoms with Crippen LogP contribution in [0.4, 0.5) is 24.5 Å². The van der Waals surface area contributed by atoms with E-state index in [-0.39, 0.29) is 11.5 Å². The van der Waals surface area contributed by atoms with E-state index in [1.165, 1.54) is 56.7 Å². The number of amides is 1. The van der Waals surface area contributed by atoms with Crippen molar-refractivity contribution in [2.24, 2.45) is 5.92 Å². The van der Waals surface area contributed by atoms with Crippen LogP contribution in [0.5, 0.6) is 0 Å². The number of benzene rings is 1. The number of aliphatic carboxylic acids is 1. The summed E-state index contributed by atoms with van der Waals surface area (Å²) < 4.78 is 31.7. The Labute approximate surface area is 223 Å². The molecular weight excluding hydrogens is 523 g/mol. The van der Waals surface area contributed by atoms with Gasteiger partial charge in [0, 0.05) is 18.8 Å². The average molecular weight is 556 g/mol. The zero-order valence-electron chi connectivity index (χ0n) is 20.9. The molecule has 2 fully saturated rings. The lowest BCUT2D eigenvalue weighted by Crippen LogP contribution is -2.37. The van der Waals surface area contributed by atoms with Crippen LogP contribution in [0.3, 0.4) is 0 Å². The van der Waals surface area contributed by atoms with E-state index in [9.17, 15) is 27.9 Å². The first-order valence-electron chi connectivity index (χ1n) is 12.5. The fourth-order valence-electron chi connectivity index (χ4n) is 4.67. The van der Waals surface area contributed by atoms with Crippen molar-refractivity contribution >= 4 is 40.6 Å². The van der Waals surface area contributed by atoms with Crippen LogP contribution < -0.4 is 10.2 Å². The van der Waals surface area contributed by atoms with E-state index in [1.54, 1.807) is 18.2 Å². The molecule has 2 saturated heterocycles. The summed E-state index contributed by atoms with van der Waals surface area (Å²) in [7, 11) is 0. The first-order valence-corrected chi connectivity index (χ1v) is 13.4. The molecule has 38 heavy (non-hydrogen) atoms. The zero-order valence-corrected chi connectivity index (χ0v) is 21.7. The van der Waals surface area contributed by atoms with E-state index in [0.29, 0.717) is 10.6 Å². The maximum Gasteiger partial charge on any atom is 0.490 e. The van der Waals surface area contributed by atoms with Crippen molar-refractivity contribution < 1.29 is 37.8 Å². The Balaban J connectivity index is 0.000000505. The van der Waals surface area contributed by atoms with Crippen LogP contribution in [0.25, 0.3) is 0 Å². The number of alkyl halides is 3. The normalized spacial score (nSPS) is 16.9. The summed E-state index contributed by atoms with van der Waals surface area (Å²) in [6.45, 7) is 5.45. The van der Waals surface area contributed by atoms with Gasteiger partial charge in [-0.3, -0.25) is 4.79 Å². The highest BCUT2D eigenvalue weighted by atomic mass is 32.1. The van der Waals surface area contributed by atoms with Crippen molar-refractivity contribution in [2.75, 3.05) is 42.9 Å². The topological polar surface area (TPSA) is 110 Å². The molecule has 3 heterocycles. The number of carboxylic acid groups (broad SMARTS) is 2. The Morgan fingerprint density at radius 1 is 1.00 bits per heavy atom. The van der Waals surface area contributed by atoms with Crippen LogP contribution >= 0.6 is 11.3 Å². The number of nitrogens with zero attached hydrogens (tertiary/aromatic N) is 2. The second kappa shape index (κ2) is 13.6. The predicted octanol–water partition coefficient (Wildman–Crippen LogP) is 5.42. The van der Waals surface area contributed by atoms with Crippen LogP contribution in [-0.4, -0.2) is 71.9 Å². The minimum atomic E-state index is -5.08. The SMILES string of the molecule is O=C(Nc1ccc(N2CCC(CCN3CCCCC3)CC2)c(C(=O)O)c1)c1cccs1.O=C(O)C(F)(F)F. The van der Waals surface area contributed by atoms with E-state index in [4.69, 9.17) is 9.90 Å². The molecule has 1 amide bonds. The van der Waals surface area contributed by atoms with Gasteiger partial charge in [0.05, 0.1) is 16.1 Å². The number of halogens is 3. The Bertz CT molecular complexity index is 1080. The fourth-order valence-corrected chi connectivity index (χ4v) is 5.29. The van der Waals surface area contributed by atoms with Gasteiger partial charge in [-0.25, -0.2) is 9.59 Å². The van der Waals surface area contributed by atoms with E-state index in [0.717, 1.165) is 37.5 Å². The van der Waals surface area contributed by atoms with Crippen molar-refractivity contribution in [1.29, 1.82) is 0 Å². The van der Waals surface area contributed by atoms with Gasteiger partial charge in [0.2, 0.25) is 0 Å². The largest absolute Gasteiger partial charge is 0.490 e. The molecule has 0 aliphatic carbocycles. The third-order valence-corrected chi connectivity index (χ3v) is 7.60. The predicted molar refractivity (Wildman–Crippen MR) is 139 cm³/mol. The van der Waals surface area contributed by atoms with Crippen molar-refractivity contribution in [2.45, 2.75) is 44.7 Å². The second-order valence-corrected chi connectivity index (χ2v) is 10.3. The van der Waals surface area contributed by atoms with Crippen LogP contribution in [0.1, 0.15) is 58.6 Å². The van der Waals surface area contributed by atoms with Gasteiger partial charge in [0.25, 0.3) is 5.91 Å². The summed E-state index contributed by atoms with van der Waals surface area (Å²) in [5.41, 5.74) is 1.50. The molecule has 8 nitrogen and oxygen atoms in total. The van der Waals surface area contributed by atoms with Crippen molar-refractivity contribution in [3.05, 3.63) is 46.2 Å². The summed E-state index contributed by atoms with van der Waals surface area (Å²) in [5, 5.41) is 21.6. The van der Waals surface area contributed by atoms with Crippen molar-refractivity contribution in [1.82, 2.24) is 4.90 Å². The second-order valence-electron chi connectivity index (χ2n) is 9.39. The molecule has 2 aliphatic heterocycles. The van der Waals surface area contributed by atoms with Gasteiger partial charge in [-0.15, -0.1) is 11.3 Å². The maximum absolute atomic E-state index is 12.3. The quantitative estimate of drug-likeness (QED) is 0.418. The molecule has 0 spiro atoms. The van der Waals surface area contributed by atoms with Gasteiger partial charge in [-0.05, 0) is 87.3 Å². The molecule has 0 atom stereocenters. The molecule has 1 aromatic heterocycles. The van der Waals surface area contributed by atoms with Gasteiger partial charge < -0.3 is 25.3 Å². The highest BCUT2D eigenvalue weighted by Gasteiger charge is 2.38. The average Bonchev–Trinajstić information content (AvgIpc) is 3.44. The lowest BCUT2D eigenvalue weighted by molar-refractivity contribution is -0.192. The van der Waals surface area contributed by atoms with E-state index < -0.39 is 18.1 Å². The van der Waals surface area contributed by atoms with E-state index >= 15 is 0 Å². The molecule has 12 heteroatoms. The summed E-state index contributed by atoms with van der Waals surface area (Å²) in [6.07, 6.45) is 2.40. The van der Waals surface area contributed by atoms with E-state index in [1.807, 2.05) is 17.5 Å². The first-order chi connectivity index (χ1) is 18.0. The van der Waals surface area contributed by atoms with Crippen LogP contribution in [0, 0.1) is 5.92 Å². The number of anilines is 2. The monoisotopic (exact) mass is 555 g/mol. The van der Waals surface area contributed by atoms with Gasteiger partial charge in [0.15, 0.2) is 0 Å². The number of carboxylic acids is 2. The minimum Gasteiger partial charge on any atom is -0.478 e. The number of hydrogen-bond donors (Lipinski definition) is 3. The molecule has 0 radical (unpaired) electrons. The molecule has 208 valence electrons. The van der Waals surface area contributed by atoms with E-state index in [2.05, 4.69) is 15.1 Å².